The van der Waals surface area contributed by atoms with Gasteiger partial charge in [0.05, 0.1) is 12.2 Å². The number of hydrogen-bond donors (Lipinski definition) is 3. The molecule has 0 unspecified atom stereocenters. The normalized spacial score (nSPS) is 11.7. The van der Waals surface area contributed by atoms with Crippen LogP contribution in [0.1, 0.15) is 21.5 Å². The Hall–Kier alpha value is -4.45. The first kappa shape index (κ1) is 28.1. The first-order chi connectivity index (χ1) is 18.0. The maximum atomic E-state index is 12.8. The van der Waals surface area contributed by atoms with E-state index in [9.17, 15) is 31.5 Å². The Kier molecular flexibility index (Phi) is 9.39. The number of alkyl halides is 5. The number of nitrogens with one attached hydrogen (secondary N) is 2. The minimum atomic E-state index is -4.47. The van der Waals surface area contributed by atoms with Gasteiger partial charge >= 0.3 is 12.8 Å². The van der Waals surface area contributed by atoms with Gasteiger partial charge in [0.2, 0.25) is 0 Å². The molecule has 38 heavy (non-hydrogen) atoms. The zero-order valence-electron chi connectivity index (χ0n) is 19.5. The first-order valence-corrected chi connectivity index (χ1v) is 11.0. The van der Waals surface area contributed by atoms with Crippen LogP contribution in [0.3, 0.4) is 0 Å². The molecule has 0 aliphatic rings. The van der Waals surface area contributed by atoms with Crippen LogP contribution in [0.4, 0.5) is 22.0 Å². The molecule has 3 aromatic carbocycles. The van der Waals surface area contributed by atoms with E-state index in [-0.39, 0.29) is 41.7 Å². The molecule has 0 radical (unpaired) electrons. The first-order valence-electron chi connectivity index (χ1n) is 11.0. The van der Waals surface area contributed by atoms with Gasteiger partial charge in [0.25, 0.3) is 11.8 Å². The SMILES string of the molecule is O=C(NCCO)/C(=C\c1ccc(OC(F)F)cc1)NC(=O)c1ccc(Oc2ccc(C(F)(F)F)cc2)cc1. The molecule has 3 rings (SSSR count). The number of aliphatic hydroxyl groups is 1. The highest BCUT2D eigenvalue weighted by molar-refractivity contribution is 6.05. The van der Waals surface area contributed by atoms with Crippen LogP contribution < -0.4 is 20.1 Å². The highest BCUT2D eigenvalue weighted by Gasteiger charge is 2.30. The fourth-order valence-corrected chi connectivity index (χ4v) is 3.05. The lowest BCUT2D eigenvalue weighted by atomic mass is 10.1. The topological polar surface area (TPSA) is 96.9 Å². The summed E-state index contributed by atoms with van der Waals surface area (Å²) in [7, 11) is 0. The van der Waals surface area contributed by atoms with Gasteiger partial charge in [0.1, 0.15) is 22.9 Å². The molecule has 0 atom stereocenters. The van der Waals surface area contributed by atoms with Gasteiger partial charge in [0, 0.05) is 12.1 Å². The number of carbonyl (C=O) groups is 2. The van der Waals surface area contributed by atoms with Gasteiger partial charge in [-0.3, -0.25) is 9.59 Å². The van der Waals surface area contributed by atoms with Gasteiger partial charge in [-0.05, 0) is 72.3 Å². The fourth-order valence-electron chi connectivity index (χ4n) is 3.05. The summed E-state index contributed by atoms with van der Waals surface area (Å²) < 4.78 is 72.6. The maximum Gasteiger partial charge on any atom is 0.416 e. The van der Waals surface area contributed by atoms with Crippen molar-refractivity contribution in [1.29, 1.82) is 0 Å². The van der Waals surface area contributed by atoms with E-state index in [1.54, 1.807) is 0 Å². The summed E-state index contributed by atoms with van der Waals surface area (Å²) in [5.74, 6) is -1.06. The lowest BCUT2D eigenvalue weighted by Gasteiger charge is -2.12. The highest BCUT2D eigenvalue weighted by Crippen LogP contribution is 2.31. The molecule has 2 amide bonds. The van der Waals surface area contributed by atoms with Gasteiger partial charge in [-0.25, -0.2) is 0 Å². The number of amides is 2. The van der Waals surface area contributed by atoms with Gasteiger partial charge in [-0.1, -0.05) is 12.1 Å². The summed E-state index contributed by atoms with van der Waals surface area (Å²) in [5, 5.41) is 13.8. The average Bonchev–Trinajstić information content (AvgIpc) is 2.88. The molecule has 3 aromatic rings. The number of ether oxygens (including phenoxy) is 2. The minimum absolute atomic E-state index is 0.0802. The Morgan fingerprint density at radius 3 is 1.95 bits per heavy atom. The summed E-state index contributed by atoms with van der Waals surface area (Å²) in [6, 6.07) is 15.0. The minimum Gasteiger partial charge on any atom is -0.457 e. The van der Waals surface area contributed by atoms with Crippen LogP contribution in [0, 0.1) is 0 Å². The number of carbonyl (C=O) groups excluding carboxylic acids is 2. The fraction of sp³-hybridized carbons (Fsp3) is 0.154. The number of benzene rings is 3. The third-order valence-corrected chi connectivity index (χ3v) is 4.84. The predicted molar refractivity (Wildman–Crippen MR) is 127 cm³/mol. The molecule has 0 saturated carbocycles. The molecular weight excluding hydrogens is 515 g/mol. The second kappa shape index (κ2) is 12.7. The molecule has 0 spiro atoms. The molecule has 0 aromatic heterocycles. The van der Waals surface area contributed by atoms with E-state index in [2.05, 4.69) is 15.4 Å². The lowest BCUT2D eigenvalue weighted by Crippen LogP contribution is -2.36. The van der Waals surface area contributed by atoms with Crippen molar-refractivity contribution in [2.75, 3.05) is 13.2 Å². The zero-order valence-corrected chi connectivity index (χ0v) is 19.5. The molecule has 0 fully saturated rings. The Bertz CT molecular complexity index is 1260. The van der Waals surface area contributed by atoms with E-state index >= 15 is 0 Å². The van der Waals surface area contributed by atoms with Crippen molar-refractivity contribution in [1.82, 2.24) is 10.6 Å². The van der Waals surface area contributed by atoms with E-state index in [0.717, 1.165) is 24.3 Å². The van der Waals surface area contributed by atoms with Crippen molar-refractivity contribution >= 4 is 17.9 Å². The van der Waals surface area contributed by atoms with Crippen molar-refractivity contribution in [3.05, 3.63) is 95.2 Å². The smallest absolute Gasteiger partial charge is 0.416 e. The van der Waals surface area contributed by atoms with E-state index in [0.29, 0.717) is 5.56 Å². The summed E-state index contributed by atoms with van der Waals surface area (Å²) >= 11 is 0. The molecule has 7 nitrogen and oxygen atoms in total. The molecule has 3 N–H and O–H groups in total. The second-order valence-corrected chi connectivity index (χ2v) is 7.59. The predicted octanol–water partition coefficient (Wildman–Crippen LogP) is 4.98. The van der Waals surface area contributed by atoms with E-state index < -0.39 is 30.2 Å². The van der Waals surface area contributed by atoms with Crippen LogP contribution in [-0.2, 0) is 11.0 Å². The number of halogens is 5. The highest BCUT2D eigenvalue weighted by atomic mass is 19.4. The lowest BCUT2D eigenvalue weighted by molar-refractivity contribution is -0.137. The van der Waals surface area contributed by atoms with Crippen molar-refractivity contribution < 1.29 is 46.1 Å². The molecule has 0 heterocycles. The average molecular weight is 536 g/mol. The van der Waals surface area contributed by atoms with Gasteiger partial charge in [-0.15, -0.1) is 0 Å². The molecule has 12 heteroatoms. The molecule has 0 bridgehead atoms. The van der Waals surface area contributed by atoms with Crippen molar-refractivity contribution in [2.24, 2.45) is 0 Å². The van der Waals surface area contributed by atoms with Crippen LogP contribution in [0.15, 0.2) is 78.5 Å². The van der Waals surface area contributed by atoms with Gasteiger partial charge < -0.3 is 25.2 Å². The standard InChI is InChI=1S/C26H21F5N2O5/c27-25(28)38-21-7-1-16(2-8-21)15-22(24(36)32-13-14-34)33-23(35)17-3-9-19(10-4-17)37-20-11-5-18(6-12-20)26(29,30)31/h1-12,15,25,34H,13-14H2,(H,32,36)(H,33,35)/b22-15+. The number of aliphatic hydroxyl groups excluding tert-OH is 1. The third-order valence-electron chi connectivity index (χ3n) is 4.84. The molecule has 0 aliphatic heterocycles. The zero-order chi connectivity index (χ0) is 27.7. The third kappa shape index (κ3) is 8.30. The molecule has 0 saturated heterocycles. The van der Waals surface area contributed by atoms with Gasteiger partial charge in [0.15, 0.2) is 0 Å². The Balaban J connectivity index is 1.72. The van der Waals surface area contributed by atoms with E-state index in [1.807, 2.05) is 0 Å². The summed E-state index contributed by atoms with van der Waals surface area (Å²) in [4.78, 5) is 25.3. The summed E-state index contributed by atoms with van der Waals surface area (Å²) in [5.41, 5.74) is -0.482. The van der Waals surface area contributed by atoms with Crippen LogP contribution in [0.25, 0.3) is 6.08 Å². The van der Waals surface area contributed by atoms with Crippen molar-refractivity contribution in [2.45, 2.75) is 12.8 Å². The van der Waals surface area contributed by atoms with E-state index in [1.165, 1.54) is 54.6 Å². The number of rotatable bonds is 10. The second-order valence-electron chi connectivity index (χ2n) is 7.59. The van der Waals surface area contributed by atoms with Crippen molar-refractivity contribution in [3.8, 4) is 17.2 Å². The van der Waals surface area contributed by atoms with Crippen molar-refractivity contribution in [3.63, 3.8) is 0 Å². The van der Waals surface area contributed by atoms with Crippen LogP contribution >= 0.6 is 0 Å². The molecule has 200 valence electrons. The monoisotopic (exact) mass is 536 g/mol. The summed E-state index contributed by atoms with van der Waals surface area (Å²) in [6.07, 6.45) is -3.17. The molecule has 0 aliphatic carbocycles. The number of hydrogen-bond acceptors (Lipinski definition) is 5. The quantitative estimate of drug-likeness (QED) is 0.251. The molecular formula is C26H21F5N2O5. The van der Waals surface area contributed by atoms with E-state index in [4.69, 9.17) is 9.84 Å². The Labute approximate surface area is 213 Å². The van der Waals surface area contributed by atoms with Crippen LogP contribution in [0.5, 0.6) is 17.2 Å². The van der Waals surface area contributed by atoms with Crippen LogP contribution in [-0.4, -0.2) is 36.7 Å². The largest absolute Gasteiger partial charge is 0.457 e. The summed E-state index contributed by atoms with van der Waals surface area (Å²) in [6.45, 7) is -3.42. The van der Waals surface area contributed by atoms with Crippen LogP contribution in [0.2, 0.25) is 0 Å². The maximum absolute atomic E-state index is 12.8. The Morgan fingerprint density at radius 1 is 0.868 bits per heavy atom. The Morgan fingerprint density at radius 2 is 1.42 bits per heavy atom. The van der Waals surface area contributed by atoms with Gasteiger partial charge in [-0.2, -0.15) is 22.0 Å².